The average Bonchev–Trinajstić information content (AvgIpc) is 2.72. The molecule has 0 bridgehead atoms. The second-order valence-corrected chi connectivity index (χ2v) is 4.27. The van der Waals surface area contributed by atoms with Gasteiger partial charge in [0.1, 0.15) is 6.10 Å². The van der Waals surface area contributed by atoms with Crippen molar-refractivity contribution in [1.82, 2.24) is 0 Å². The maximum Gasteiger partial charge on any atom is 0.346 e. The standard InChI is InChI=1S/C13H12O7/c1-19-10(15)5-9(14)11(16)6-2-3-7-8(4-6)13(18)20-12(7)17/h2-4,9,11,14,16H,5H2,1H3. The Balaban J connectivity index is 2.22. The van der Waals surface area contributed by atoms with Crippen molar-refractivity contribution in [3.05, 3.63) is 34.9 Å². The number of fused-ring (bicyclic) bond motifs is 1. The van der Waals surface area contributed by atoms with Gasteiger partial charge in [-0.1, -0.05) is 6.07 Å². The van der Waals surface area contributed by atoms with Crippen LogP contribution in [0.5, 0.6) is 0 Å². The number of rotatable bonds is 4. The molecule has 0 saturated carbocycles. The Labute approximate surface area is 113 Å². The molecule has 2 N–H and O–H groups in total. The number of benzene rings is 1. The lowest BCUT2D eigenvalue weighted by atomic mass is 9.98. The van der Waals surface area contributed by atoms with Gasteiger partial charge in [-0.3, -0.25) is 4.79 Å². The molecule has 0 aromatic heterocycles. The van der Waals surface area contributed by atoms with Crippen LogP contribution in [0.1, 0.15) is 38.8 Å². The van der Waals surface area contributed by atoms with Gasteiger partial charge >= 0.3 is 17.9 Å². The molecule has 0 aliphatic carbocycles. The zero-order chi connectivity index (χ0) is 14.9. The van der Waals surface area contributed by atoms with Gasteiger partial charge < -0.3 is 19.7 Å². The maximum atomic E-state index is 11.4. The second-order valence-electron chi connectivity index (χ2n) is 4.27. The Bertz CT molecular complexity index is 578. The van der Waals surface area contributed by atoms with Crippen LogP contribution in [0.15, 0.2) is 18.2 Å². The third-order valence-electron chi connectivity index (χ3n) is 2.98. The first kappa shape index (κ1) is 14.2. The van der Waals surface area contributed by atoms with Crippen LogP contribution in [0.25, 0.3) is 0 Å². The fourth-order valence-corrected chi connectivity index (χ4v) is 1.87. The van der Waals surface area contributed by atoms with E-state index < -0.39 is 36.5 Å². The molecular formula is C13H12O7. The minimum atomic E-state index is -1.39. The molecule has 0 amide bonds. The van der Waals surface area contributed by atoms with E-state index in [1.165, 1.54) is 25.3 Å². The highest BCUT2D eigenvalue weighted by Gasteiger charge is 2.31. The minimum Gasteiger partial charge on any atom is -0.469 e. The van der Waals surface area contributed by atoms with Crippen LogP contribution in [0.3, 0.4) is 0 Å². The number of hydrogen-bond donors (Lipinski definition) is 2. The first-order valence-corrected chi connectivity index (χ1v) is 5.77. The van der Waals surface area contributed by atoms with Crippen molar-refractivity contribution >= 4 is 17.9 Å². The Morgan fingerprint density at radius 3 is 2.55 bits per heavy atom. The minimum absolute atomic E-state index is 0.0248. The van der Waals surface area contributed by atoms with Gasteiger partial charge in [0.05, 0.1) is 30.8 Å². The molecule has 1 aliphatic rings. The first-order valence-electron chi connectivity index (χ1n) is 5.77. The van der Waals surface area contributed by atoms with Crippen molar-refractivity contribution in [3.8, 4) is 0 Å². The molecule has 0 spiro atoms. The molecule has 2 unspecified atom stereocenters. The highest BCUT2D eigenvalue weighted by atomic mass is 16.6. The number of cyclic esters (lactones) is 2. The number of carbonyl (C=O) groups is 3. The number of carbonyl (C=O) groups excluding carboxylic acids is 3. The van der Waals surface area contributed by atoms with Crippen molar-refractivity contribution in [1.29, 1.82) is 0 Å². The highest BCUT2D eigenvalue weighted by molar-refractivity contribution is 6.14. The smallest absolute Gasteiger partial charge is 0.346 e. The van der Waals surface area contributed by atoms with E-state index in [-0.39, 0.29) is 16.7 Å². The summed E-state index contributed by atoms with van der Waals surface area (Å²) in [6, 6.07) is 3.96. The summed E-state index contributed by atoms with van der Waals surface area (Å²) in [5.74, 6) is -2.23. The first-order chi connectivity index (χ1) is 9.43. The SMILES string of the molecule is COC(=O)CC(O)C(O)c1ccc2c(c1)C(=O)OC2=O. The lowest BCUT2D eigenvalue weighted by molar-refractivity contribution is -0.144. The third kappa shape index (κ3) is 2.54. The van der Waals surface area contributed by atoms with Crippen molar-refractivity contribution in [2.75, 3.05) is 7.11 Å². The van der Waals surface area contributed by atoms with Crippen LogP contribution < -0.4 is 0 Å². The molecule has 0 radical (unpaired) electrons. The summed E-state index contributed by atoms with van der Waals surface area (Å²) in [6.07, 6.45) is -3.16. The Hall–Kier alpha value is -2.25. The Morgan fingerprint density at radius 1 is 1.25 bits per heavy atom. The van der Waals surface area contributed by atoms with Crippen molar-refractivity contribution in [2.24, 2.45) is 0 Å². The van der Waals surface area contributed by atoms with Crippen LogP contribution in [0, 0.1) is 0 Å². The molecule has 7 heteroatoms. The fraction of sp³-hybridized carbons (Fsp3) is 0.308. The van der Waals surface area contributed by atoms with E-state index in [4.69, 9.17) is 0 Å². The van der Waals surface area contributed by atoms with Gasteiger partial charge in [-0.2, -0.15) is 0 Å². The normalized spacial score (nSPS) is 16.4. The maximum absolute atomic E-state index is 11.4. The van der Waals surface area contributed by atoms with E-state index in [1.54, 1.807) is 0 Å². The molecule has 0 saturated heterocycles. The van der Waals surface area contributed by atoms with E-state index in [0.717, 1.165) is 0 Å². The predicted molar refractivity (Wildman–Crippen MR) is 63.8 cm³/mol. The predicted octanol–water partition coefficient (Wildman–Crippen LogP) is -0.0454. The quantitative estimate of drug-likeness (QED) is 0.588. The summed E-state index contributed by atoms with van der Waals surface area (Å²) in [5, 5.41) is 19.6. The van der Waals surface area contributed by atoms with Crippen LogP contribution in [0.4, 0.5) is 0 Å². The number of hydrogen-bond acceptors (Lipinski definition) is 7. The van der Waals surface area contributed by atoms with Gasteiger partial charge in [-0.15, -0.1) is 0 Å². The molecule has 1 aliphatic heterocycles. The molecule has 0 fully saturated rings. The third-order valence-corrected chi connectivity index (χ3v) is 2.98. The number of ether oxygens (including phenoxy) is 2. The van der Waals surface area contributed by atoms with Gasteiger partial charge in [0.2, 0.25) is 0 Å². The molecule has 7 nitrogen and oxygen atoms in total. The Kier molecular flexibility index (Phi) is 3.82. The number of esters is 3. The number of aliphatic hydroxyl groups is 2. The van der Waals surface area contributed by atoms with E-state index >= 15 is 0 Å². The summed E-state index contributed by atoms with van der Waals surface area (Å²) in [4.78, 5) is 33.7. The van der Waals surface area contributed by atoms with Gasteiger partial charge in [-0.25, -0.2) is 9.59 Å². The van der Waals surface area contributed by atoms with Gasteiger partial charge in [0.25, 0.3) is 0 Å². The van der Waals surface area contributed by atoms with E-state index in [9.17, 15) is 24.6 Å². The van der Waals surface area contributed by atoms with E-state index in [0.29, 0.717) is 0 Å². The summed E-state index contributed by atoms with van der Waals surface area (Å²) in [7, 11) is 1.17. The van der Waals surface area contributed by atoms with Gasteiger partial charge in [-0.05, 0) is 17.7 Å². The summed E-state index contributed by atoms with van der Waals surface area (Å²) in [6.45, 7) is 0. The summed E-state index contributed by atoms with van der Waals surface area (Å²) in [5.41, 5.74) is 0.331. The molecular weight excluding hydrogens is 268 g/mol. The molecule has 1 heterocycles. The number of methoxy groups -OCH3 is 1. The fourth-order valence-electron chi connectivity index (χ4n) is 1.87. The molecule has 2 rings (SSSR count). The van der Waals surface area contributed by atoms with Crippen LogP contribution in [0.2, 0.25) is 0 Å². The molecule has 1 aromatic carbocycles. The van der Waals surface area contributed by atoms with Crippen LogP contribution in [-0.4, -0.2) is 41.3 Å². The van der Waals surface area contributed by atoms with Gasteiger partial charge in [0, 0.05) is 0 Å². The second kappa shape index (κ2) is 5.40. The van der Waals surface area contributed by atoms with E-state index in [1.807, 2.05) is 0 Å². The Morgan fingerprint density at radius 2 is 1.90 bits per heavy atom. The van der Waals surface area contributed by atoms with Crippen molar-refractivity contribution < 1.29 is 34.1 Å². The topological polar surface area (TPSA) is 110 Å². The number of aliphatic hydroxyl groups excluding tert-OH is 2. The van der Waals surface area contributed by atoms with Crippen LogP contribution >= 0.6 is 0 Å². The highest BCUT2D eigenvalue weighted by Crippen LogP contribution is 2.26. The lowest BCUT2D eigenvalue weighted by Gasteiger charge is -2.17. The monoisotopic (exact) mass is 280 g/mol. The molecule has 2 atom stereocenters. The molecule has 106 valence electrons. The molecule has 1 aromatic rings. The summed E-state index contributed by atoms with van der Waals surface area (Å²) < 4.78 is 8.80. The van der Waals surface area contributed by atoms with Crippen LogP contribution in [-0.2, 0) is 14.3 Å². The average molecular weight is 280 g/mol. The zero-order valence-electron chi connectivity index (χ0n) is 10.5. The largest absolute Gasteiger partial charge is 0.469 e. The van der Waals surface area contributed by atoms with E-state index in [2.05, 4.69) is 9.47 Å². The van der Waals surface area contributed by atoms with Crippen molar-refractivity contribution in [2.45, 2.75) is 18.6 Å². The zero-order valence-corrected chi connectivity index (χ0v) is 10.5. The lowest BCUT2D eigenvalue weighted by Crippen LogP contribution is -2.22. The summed E-state index contributed by atoms with van der Waals surface area (Å²) >= 11 is 0. The van der Waals surface area contributed by atoms with Crippen molar-refractivity contribution in [3.63, 3.8) is 0 Å². The molecule has 20 heavy (non-hydrogen) atoms. The van der Waals surface area contributed by atoms with Gasteiger partial charge in [0.15, 0.2) is 0 Å².